The Morgan fingerprint density at radius 2 is 1.82 bits per heavy atom. The number of carbonyl (C=O) groups excluding carboxylic acids is 1. The van der Waals surface area contributed by atoms with Gasteiger partial charge in [-0.05, 0) is 19.9 Å². The molecule has 0 atom stereocenters. The second-order valence-corrected chi connectivity index (χ2v) is 5.58. The zero-order valence-corrected chi connectivity index (χ0v) is 12.4. The van der Waals surface area contributed by atoms with Gasteiger partial charge in [-0.15, -0.1) is 0 Å². The second kappa shape index (κ2) is 6.22. The zero-order chi connectivity index (χ0) is 15.5. The summed E-state index contributed by atoms with van der Waals surface area (Å²) in [6.07, 6.45) is 4.69. The van der Waals surface area contributed by atoms with E-state index in [2.05, 4.69) is 20.3 Å². The van der Waals surface area contributed by atoms with Crippen LogP contribution in [0, 0.1) is 0 Å². The Morgan fingerprint density at radius 3 is 2.45 bits per heavy atom. The predicted octanol–water partition coefficient (Wildman–Crippen LogP) is 0.841. The Kier molecular flexibility index (Phi) is 4.14. The number of amides is 1. The van der Waals surface area contributed by atoms with Crippen LogP contribution in [0.15, 0.2) is 9.05 Å². The second-order valence-electron chi connectivity index (χ2n) is 5.58. The van der Waals surface area contributed by atoms with E-state index >= 15 is 0 Å². The van der Waals surface area contributed by atoms with Crippen LogP contribution in [0.2, 0.25) is 0 Å². The number of aromatic nitrogens is 4. The van der Waals surface area contributed by atoms with Gasteiger partial charge in [0.25, 0.3) is 0 Å². The number of carbonyl (C=O) groups is 1. The van der Waals surface area contributed by atoms with E-state index in [0.29, 0.717) is 30.7 Å². The van der Waals surface area contributed by atoms with E-state index in [1.165, 1.54) is 12.8 Å². The Morgan fingerprint density at radius 1 is 1.18 bits per heavy atom. The maximum absolute atomic E-state index is 10.9. The van der Waals surface area contributed by atoms with Gasteiger partial charge in [0.2, 0.25) is 5.89 Å². The van der Waals surface area contributed by atoms with E-state index in [0.717, 1.165) is 18.7 Å². The summed E-state index contributed by atoms with van der Waals surface area (Å²) in [4.78, 5) is 21.2. The molecule has 1 amide bonds. The molecule has 0 aliphatic heterocycles. The van der Waals surface area contributed by atoms with Crippen molar-refractivity contribution < 1.29 is 13.8 Å². The quantitative estimate of drug-likeness (QED) is 0.832. The summed E-state index contributed by atoms with van der Waals surface area (Å²) in [6, 6.07) is 0. The predicted molar refractivity (Wildman–Crippen MR) is 73.5 cm³/mol. The summed E-state index contributed by atoms with van der Waals surface area (Å²) in [5.74, 6) is 1.23. The molecule has 0 radical (unpaired) electrons. The Hall–Kier alpha value is -2.29. The highest BCUT2D eigenvalue weighted by molar-refractivity contribution is 5.87. The van der Waals surface area contributed by atoms with Crippen LogP contribution < -0.4 is 5.73 Å². The van der Waals surface area contributed by atoms with E-state index in [1.807, 2.05) is 11.9 Å². The molecule has 3 rings (SSSR count). The van der Waals surface area contributed by atoms with Gasteiger partial charge in [-0.3, -0.25) is 9.69 Å². The molecule has 9 heteroatoms. The largest absolute Gasteiger partial charge is 0.361 e. The fourth-order valence-corrected chi connectivity index (χ4v) is 2.63. The third-order valence-corrected chi connectivity index (χ3v) is 3.69. The molecular weight excluding hydrogens is 288 g/mol. The van der Waals surface area contributed by atoms with Crippen LogP contribution in [-0.4, -0.2) is 38.1 Å². The lowest BCUT2D eigenvalue weighted by Crippen LogP contribution is -2.19. The molecule has 2 heterocycles. The van der Waals surface area contributed by atoms with Crippen molar-refractivity contribution in [3.63, 3.8) is 0 Å². The first-order valence-corrected chi connectivity index (χ1v) is 7.25. The molecule has 2 aromatic rings. The molecule has 1 aliphatic rings. The zero-order valence-electron chi connectivity index (χ0n) is 12.4. The normalized spacial score (nSPS) is 15.7. The first kappa shape index (κ1) is 14.6. The first-order valence-electron chi connectivity index (χ1n) is 7.25. The van der Waals surface area contributed by atoms with Crippen LogP contribution in [0.25, 0.3) is 0 Å². The lowest BCUT2D eigenvalue weighted by atomic mass is 10.1. The topological polar surface area (TPSA) is 124 Å². The third kappa shape index (κ3) is 3.30. The van der Waals surface area contributed by atoms with Crippen molar-refractivity contribution in [2.75, 3.05) is 7.05 Å². The monoisotopic (exact) mass is 306 g/mol. The first-order chi connectivity index (χ1) is 10.6. The summed E-state index contributed by atoms with van der Waals surface area (Å²) in [5, 5.41) is 7.70. The van der Waals surface area contributed by atoms with Crippen LogP contribution in [0.5, 0.6) is 0 Å². The van der Waals surface area contributed by atoms with Crippen molar-refractivity contribution in [2.24, 2.45) is 5.73 Å². The molecule has 0 saturated heterocycles. The van der Waals surface area contributed by atoms with Crippen molar-refractivity contribution >= 4 is 5.91 Å². The molecule has 1 aliphatic carbocycles. The summed E-state index contributed by atoms with van der Waals surface area (Å²) in [6.45, 7) is 0.890. The number of nitrogens with two attached hydrogens (primary N) is 1. The molecular formula is C13H18N6O3. The van der Waals surface area contributed by atoms with Crippen molar-refractivity contribution in [1.29, 1.82) is 0 Å². The molecule has 0 bridgehead atoms. The van der Waals surface area contributed by atoms with Gasteiger partial charge < -0.3 is 14.8 Å². The van der Waals surface area contributed by atoms with E-state index in [4.69, 9.17) is 14.8 Å². The number of hydrogen-bond donors (Lipinski definition) is 1. The van der Waals surface area contributed by atoms with Gasteiger partial charge in [0, 0.05) is 5.92 Å². The minimum absolute atomic E-state index is 0.188. The molecule has 0 unspecified atom stereocenters. The summed E-state index contributed by atoms with van der Waals surface area (Å²) < 4.78 is 10.1. The van der Waals surface area contributed by atoms with E-state index < -0.39 is 5.91 Å². The maximum atomic E-state index is 10.9. The number of hydrogen-bond acceptors (Lipinski definition) is 8. The number of rotatable bonds is 6. The molecule has 0 aromatic carbocycles. The Labute approximate surface area is 126 Å². The number of primary amides is 1. The van der Waals surface area contributed by atoms with Crippen molar-refractivity contribution in [3.8, 4) is 0 Å². The smallest absolute Gasteiger partial charge is 0.315 e. The molecule has 22 heavy (non-hydrogen) atoms. The molecule has 1 fully saturated rings. The molecule has 1 saturated carbocycles. The van der Waals surface area contributed by atoms with E-state index in [1.54, 1.807) is 0 Å². The lowest BCUT2D eigenvalue weighted by molar-refractivity contribution is 0.0958. The molecule has 9 nitrogen and oxygen atoms in total. The van der Waals surface area contributed by atoms with E-state index in [-0.39, 0.29) is 5.89 Å². The van der Waals surface area contributed by atoms with Gasteiger partial charge >= 0.3 is 11.8 Å². The SMILES string of the molecule is CN(Cc1noc(C(N)=O)n1)Cc1noc(C2CCCC2)n1. The van der Waals surface area contributed by atoms with Gasteiger partial charge in [-0.2, -0.15) is 9.97 Å². The maximum Gasteiger partial charge on any atom is 0.315 e. The minimum Gasteiger partial charge on any atom is -0.361 e. The van der Waals surface area contributed by atoms with Gasteiger partial charge in [-0.25, -0.2) is 0 Å². The number of nitrogens with zero attached hydrogens (tertiary/aromatic N) is 5. The summed E-state index contributed by atoms with van der Waals surface area (Å²) in [5.41, 5.74) is 5.06. The van der Waals surface area contributed by atoms with Crippen LogP contribution in [0.1, 0.15) is 59.8 Å². The average Bonchev–Trinajstić information content (AvgIpc) is 3.18. The minimum atomic E-state index is -0.735. The fraction of sp³-hybridized carbons (Fsp3) is 0.615. The highest BCUT2D eigenvalue weighted by Gasteiger charge is 2.23. The lowest BCUT2D eigenvalue weighted by Gasteiger charge is -2.10. The average molecular weight is 306 g/mol. The van der Waals surface area contributed by atoms with Crippen molar-refractivity contribution in [3.05, 3.63) is 23.4 Å². The van der Waals surface area contributed by atoms with Crippen molar-refractivity contribution in [1.82, 2.24) is 25.2 Å². The van der Waals surface area contributed by atoms with Crippen LogP contribution >= 0.6 is 0 Å². The molecule has 2 aromatic heterocycles. The van der Waals surface area contributed by atoms with Crippen LogP contribution in [0.4, 0.5) is 0 Å². The van der Waals surface area contributed by atoms with Crippen molar-refractivity contribution in [2.45, 2.75) is 44.7 Å². The standard InChI is InChI=1S/C13H18N6O3/c1-19(7-10-16-13(11(14)20)22-18-10)6-9-15-12(21-17-9)8-4-2-3-5-8/h8H,2-7H2,1H3,(H2,14,20). The fourth-order valence-electron chi connectivity index (χ4n) is 2.63. The molecule has 118 valence electrons. The van der Waals surface area contributed by atoms with Gasteiger partial charge in [0.1, 0.15) is 0 Å². The molecule has 0 spiro atoms. The highest BCUT2D eigenvalue weighted by atomic mass is 16.5. The summed E-state index contributed by atoms with van der Waals surface area (Å²) in [7, 11) is 1.87. The van der Waals surface area contributed by atoms with E-state index in [9.17, 15) is 4.79 Å². The third-order valence-electron chi connectivity index (χ3n) is 3.69. The van der Waals surface area contributed by atoms with Gasteiger partial charge in [-0.1, -0.05) is 23.2 Å². The van der Waals surface area contributed by atoms with Gasteiger partial charge in [0.15, 0.2) is 11.6 Å². The Balaban J connectivity index is 1.56. The van der Waals surface area contributed by atoms with Crippen LogP contribution in [0.3, 0.4) is 0 Å². The highest BCUT2D eigenvalue weighted by Crippen LogP contribution is 2.32. The Bertz CT molecular complexity index is 646. The molecule has 2 N–H and O–H groups in total. The van der Waals surface area contributed by atoms with Gasteiger partial charge in [0.05, 0.1) is 13.1 Å². The van der Waals surface area contributed by atoms with Crippen LogP contribution in [-0.2, 0) is 13.1 Å². The summed E-state index contributed by atoms with van der Waals surface area (Å²) >= 11 is 0.